The van der Waals surface area contributed by atoms with Crippen LogP contribution in [0.2, 0.25) is 0 Å². The zero-order valence-corrected chi connectivity index (χ0v) is 15.4. The first-order chi connectivity index (χ1) is 12.9. The molecule has 27 heavy (non-hydrogen) atoms. The summed E-state index contributed by atoms with van der Waals surface area (Å²) in [5.74, 6) is -1.59. The number of sulfonamides is 1. The number of carbonyl (C=O) groups excluding carboxylic acids is 3. The van der Waals surface area contributed by atoms with Crippen molar-refractivity contribution in [2.75, 3.05) is 39.5 Å². The van der Waals surface area contributed by atoms with Gasteiger partial charge < -0.3 is 9.47 Å². The van der Waals surface area contributed by atoms with Crippen molar-refractivity contribution in [1.29, 1.82) is 0 Å². The summed E-state index contributed by atoms with van der Waals surface area (Å²) in [6.45, 7) is 1.06. The van der Waals surface area contributed by atoms with E-state index < -0.39 is 28.5 Å². The number of carbonyl (C=O) groups is 3. The van der Waals surface area contributed by atoms with Gasteiger partial charge >= 0.3 is 5.97 Å². The molecule has 0 unspecified atom stereocenters. The molecule has 0 bridgehead atoms. The average Bonchev–Trinajstić information content (AvgIpc) is 3.12. The molecule has 146 valence electrons. The number of amides is 2. The summed E-state index contributed by atoms with van der Waals surface area (Å²) >= 11 is 0. The van der Waals surface area contributed by atoms with Crippen molar-refractivity contribution >= 4 is 27.8 Å². The minimum Gasteiger partial charge on any atom is -0.452 e. The standard InChI is InChI=1S/C17H20N2O7S/c20-15-2-1-7-19(15)16(21)12-26-17(22)13-3-5-14(6-4-13)27(23,24)18-8-10-25-11-9-18/h3-6H,1-2,7-12H2. The highest BCUT2D eigenvalue weighted by Gasteiger charge is 2.28. The predicted molar refractivity (Wildman–Crippen MR) is 92.3 cm³/mol. The van der Waals surface area contributed by atoms with E-state index in [2.05, 4.69) is 0 Å². The van der Waals surface area contributed by atoms with E-state index in [9.17, 15) is 22.8 Å². The van der Waals surface area contributed by atoms with Crippen LogP contribution in [0.25, 0.3) is 0 Å². The summed E-state index contributed by atoms with van der Waals surface area (Å²) in [5, 5.41) is 0. The normalized spacial score (nSPS) is 18.5. The van der Waals surface area contributed by atoms with Crippen LogP contribution >= 0.6 is 0 Å². The second-order valence-electron chi connectivity index (χ2n) is 6.16. The summed E-state index contributed by atoms with van der Waals surface area (Å²) in [7, 11) is -3.64. The van der Waals surface area contributed by atoms with Crippen LogP contribution in [0, 0.1) is 0 Å². The number of morpholine rings is 1. The van der Waals surface area contributed by atoms with Crippen LogP contribution in [0.3, 0.4) is 0 Å². The quantitative estimate of drug-likeness (QED) is 0.645. The third-order valence-electron chi connectivity index (χ3n) is 4.40. The van der Waals surface area contributed by atoms with Crippen molar-refractivity contribution in [3.8, 4) is 0 Å². The van der Waals surface area contributed by atoms with Gasteiger partial charge in [-0.1, -0.05) is 0 Å². The van der Waals surface area contributed by atoms with Crippen LogP contribution in [0.4, 0.5) is 0 Å². The summed E-state index contributed by atoms with van der Waals surface area (Å²) in [6.07, 6.45) is 0.927. The number of likely N-dealkylation sites (tertiary alicyclic amines) is 1. The Morgan fingerprint density at radius 1 is 1.07 bits per heavy atom. The first kappa shape index (κ1) is 19.5. The highest BCUT2D eigenvalue weighted by Crippen LogP contribution is 2.18. The second kappa shape index (κ2) is 8.15. The van der Waals surface area contributed by atoms with E-state index in [4.69, 9.17) is 9.47 Å². The summed E-state index contributed by atoms with van der Waals surface area (Å²) in [4.78, 5) is 36.6. The van der Waals surface area contributed by atoms with Crippen molar-refractivity contribution in [2.24, 2.45) is 0 Å². The summed E-state index contributed by atoms with van der Waals surface area (Å²) in [5.41, 5.74) is 0.122. The molecule has 2 saturated heterocycles. The molecule has 2 fully saturated rings. The number of nitrogens with zero attached hydrogens (tertiary/aromatic N) is 2. The number of hydrogen-bond donors (Lipinski definition) is 0. The first-order valence-electron chi connectivity index (χ1n) is 8.58. The van der Waals surface area contributed by atoms with E-state index in [-0.39, 0.29) is 29.5 Å². The smallest absolute Gasteiger partial charge is 0.338 e. The monoisotopic (exact) mass is 396 g/mol. The lowest BCUT2D eigenvalue weighted by Crippen LogP contribution is -2.40. The molecule has 10 heteroatoms. The van der Waals surface area contributed by atoms with Gasteiger partial charge in [0.05, 0.1) is 23.7 Å². The van der Waals surface area contributed by atoms with Crippen LogP contribution in [-0.2, 0) is 29.1 Å². The van der Waals surface area contributed by atoms with Crippen molar-refractivity contribution < 1.29 is 32.3 Å². The number of ether oxygens (including phenoxy) is 2. The molecular formula is C17H20N2O7S. The molecule has 0 saturated carbocycles. The number of esters is 1. The zero-order chi connectivity index (χ0) is 19.4. The Bertz CT molecular complexity index is 829. The van der Waals surface area contributed by atoms with Gasteiger partial charge in [-0.2, -0.15) is 4.31 Å². The van der Waals surface area contributed by atoms with Gasteiger partial charge in [-0.3, -0.25) is 14.5 Å². The molecule has 0 aliphatic carbocycles. The zero-order valence-electron chi connectivity index (χ0n) is 14.6. The van der Waals surface area contributed by atoms with Crippen molar-refractivity contribution in [2.45, 2.75) is 17.7 Å². The van der Waals surface area contributed by atoms with Gasteiger partial charge in [0, 0.05) is 26.1 Å². The fourth-order valence-electron chi connectivity index (χ4n) is 2.90. The van der Waals surface area contributed by atoms with Gasteiger partial charge in [0.2, 0.25) is 15.9 Å². The Balaban J connectivity index is 1.60. The lowest BCUT2D eigenvalue weighted by molar-refractivity contribution is -0.143. The van der Waals surface area contributed by atoms with Gasteiger partial charge in [0.1, 0.15) is 0 Å². The Hall–Kier alpha value is -2.30. The topological polar surface area (TPSA) is 110 Å². The largest absolute Gasteiger partial charge is 0.452 e. The summed E-state index contributed by atoms with van der Waals surface area (Å²) < 4.78 is 36.5. The Labute approximate surface area is 156 Å². The third kappa shape index (κ3) is 4.34. The van der Waals surface area contributed by atoms with E-state index in [0.717, 1.165) is 4.90 Å². The minimum absolute atomic E-state index is 0.0692. The molecule has 0 spiro atoms. The SMILES string of the molecule is O=C(OCC(=O)N1CCCC1=O)c1ccc(S(=O)(=O)N2CCOCC2)cc1. The van der Waals surface area contributed by atoms with Gasteiger partial charge in [0.25, 0.3) is 5.91 Å². The Morgan fingerprint density at radius 3 is 2.33 bits per heavy atom. The fourth-order valence-corrected chi connectivity index (χ4v) is 4.31. The molecule has 0 atom stereocenters. The van der Waals surface area contributed by atoms with Gasteiger partial charge in [-0.05, 0) is 30.7 Å². The molecule has 1 aromatic carbocycles. The van der Waals surface area contributed by atoms with Crippen LogP contribution in [0.1, 0.15) is 23.2 Å². The van der Waals surface area contributed by atoms with Crippen LogP contribution in [0.15, 0.2) is 29.2 Å². The molecule has 9 nitrogen and oxygen atoms in total. The van der Waals surface area contributed by atoms with Gasteiger partial charge in [-0.25, -0.2) is 13.2 Å². The first-order valence-corrected chi connectivity index (χ1v) is 10.0. The molecule has 0 aromatic heterocycles. The molecule has 2 amide bonds. The maximum atomic E-state index is 12.5. The summed E-state index contributed by atoms with van der Waals surface area (Å²) in [6, 6.07) is 5.32. The second-order valence-corrected chi connectivity index (χ2v) is 8.10. The van der Waals surface area contributed by atoms with E-state index >= 15 is 0 Å². The van der Waals surface area contributed by atoms with Crippen LogP contribution in [0.5, 0.6) is 0 Å². The van der Waals surface area contributed by atoms with Gasteiger partial charge in [0.15, 0.2) is 6.61 Å². The lowest BCUT2D eigenvalue weighted by Gasteiger charge is -2.26. The van der Waals surface area contributed by atoms with E-state index in [1.807, 2.05) is 0 Å². The average molecular weight is 396 g/mol. The lowest BCUT2D eigenvalue weighted by atomic mass is 10.2. The molecule has 0 N–H and O–H groups in total. The number of benzene rings is 1. The molecule has 2 aliphatic rings. The maximum absolute atomic E-state index is 12.5. The maximum Gasteiger partial charge on any atom is 0.338 e. The number of rotatable bonds is 5. The highest BCUT2D eigenvalue weighted by molar-refractivity contribution is 7.89. The molecule has 3 rings (SSSR count). The predicted octanol–water partition coefficient (Wildman–Crippen LogP) is 0.0133. The molecule has 2 heterocycles. The van der Waals surface area contributed by atoms with Crippen molar-refractivity contribution in [3.63, 3.8) is 0 Å². The van der Waals surface area contributed by atoms with Crippen LogP contribution in [-0.4, -0.2) is 74.9 Å². The number of hydrogen-bond acceptors (Lipinski definition) is 7. The van der Waals surface area contributed by atoms with E-state index in [0.29, 0.717) is 32.6 Å². The molecule has 2 aliphatic heterocycles. The highest BCUT2D eigenvalue weighted by atomic mass is 32.2. The van der Waals surface area contributed by atoms with E-state index in [1.165, 1.54) is 28.6 Å². The van der Waals surface area contributed by atoms with Crippen LogP contribution < -0.4 is 0 Å². The van der Waals surface area contributed by atoms with Crippen molar-refractivity contribution in [3.05, 3.63) is 29.8 Å². The third-order valence-corrected chi connectivity index (χ3v) is 6.31. The Morgan fingerprint density at radius 2 is 1.74 bits per heavy atom. The molecule has 0 radical (unpaired) electrons. The van der Waals surface area contributed by atoms with Crippen molar-refractivity contribution in [1.82, 2.24) is 9.21 Å². The van der Waals surface area contributed by atoms with Gasteiger partial charge in [-0.15, -0.1) is 0 Å². The fraction of sp³-hybridized carbons (Fsp3) is 0.471. The molecular weight excluding hydrogens is 376 g/mol. The van der Waals surface area contributed by atoms with E-state index in [1.54, 1.807) is 0 Å². The molecule has 1 aromatic rings. The minimum atomic E-state index is -3.64. The Kier molecular flexibility index (Phi) is 5.88. The number of imide groups is 1.